The highest BCUT2D eigenvalue weighted by molar-refractivity contribution is 7.20. The maximum atomic E-state index is 14.9. The smallest absolute Gasteiger partial charge is 0.242 e. The molecule has 0 spiro atoms. The van der Waals surface area contributed by atoms with Crippen LogP contribution in [0.3, 0.4) is 0 Å². The van der Waals surface area contributed by atoms with Gasteiger partial charge < -0.3 is 10.2 Å². The number of aromatic nitrogens is 2. The van der Waals surface area contributed by atoms with E-state index in [1.807, 2.05) is 12.1 Å². The van der Waals surface area contributed by atoms with Gasteiger partial charge in [-0.25, -0.2) is 13.8 Å². The summed E-state index contributed by atoms with van der Waals surface area (Å²) in [7, 11) is 0. The predicted octanol–water partition coefficient (Wildman–Crippen LogP) is 5.67. The Morgan fingerprint density at radius 3 is 2.38 bits per heavy atom. The number of rotatable bonds is 4. The molecular formula is C24H14F2N2O3S. The van der Waals surface area contributed by atoms with Crippen molar-refractivity contribution in [1.29, 1.82) is 0 Å². The Morgan fingerprint density at radius 1 is 0.938 bits per heavy atom. The quantitative estimate of drug-likeness (QED) is 0.347. The van der Waals surface area contributed by atoms with E-state index in [0.29, 0.717) is 11.6 Å². The van der Waals surface area contributed by atoms with Crippen LogP contribution in [0.5, 0.6) is 11.6 Å². The number of carbonyl (C=O) groups is 1. The van der Waals surface area contributed by atoms with Crippen LogP contribution in [0.4, 0.5) is 8.78 Å². The Kier molecular flexibility index (Phi) is 4.71. The van der Waals surface area contributed by atoms with Crippen molar-refractivity contribution in [3.8, 4) is 28.0 Å². The van der Waals surface area contributed by atoms with Crippen molar-refractivity contribution in [3.05, 3.63) is 95.6 Å². The lowest BCUT2D eigenvalue weighted by atomic mass is 9.99. The molecule has 2 aromatic heterocycles. The minimum atomic E-state index is -0.952. The molecular weight excluding hydrogens is 434 g/mol. The molecule has 0 amide bonds. The van der Waals surface area contributed by atoms with Crippen molar-refractivity contribution >= 4 is 27.3 Å². The van der Waals surface area contributed by atoms with E-state index in [0.717, 1.165) is 21.4 Å². The Morgan fingerprint density at radius 2 is 1.66 bits per heavy atom. The van der Waals surface area contributed by atoms with Gasteiger partial charge in [0, 0.05) is 17.2 Å². The van der Waals surface area contributed by atoms with Gasteiger partial charge >= 0.3 is 0 Å². The van der Waals surface area contributed by atoms with Crippen molar-refractivity contribution < 1.29 is 23.8 Å². The molecule has 0 bridgehead atoms. The second-order valence-corrected chi connectivity index (χ2v) is 8.02. The van der Waals surface area contributed by atoms with E-state index in [1.54, 1.807) is 42.5 Å². The molecule has 0 saturated heterocycles. The number of para-hydroxylation sites is 1. The summed E-state index contributed by atoms with van der Waals surface area (Å²) in [5.74, 6) is -3.75. The first-order chi connectivity index (χ1) is 15.5. The summed E-state index contributed by atoms with van der Waals surface area (Å²) in [6.07, 6.45) is 0. The molecule has 0 aliphatic rings. The van der Waals surface area contributed by atoms with E-state index < -0.39 is 29.0 Å². The lowest BCUT2D eigenvalue weighted by Crippen LogP contribution is -2.05. The fraction of sp³-hybridized carbons (Fsp3) is 0. The lowest BCUT2D eigenvalue weighted by molar-refractivity contribution is 0.103. The van der Waals surface area contributed by atoms with Gasteiger partial charge in [0.2, 0.25) is 5.88 Å². The average molecular weight is 448 g/mol. The Labute approximate surface area is 184 Å². The molecule has 5 aromatic rings. The molecule has 0 saturated carbocycles. The van der Waals surface area contributed by atoms with Crippen LogP contribution in [0.15, 0.2) is 72.8 Å². The van der Waals surface area contributed by atoms with E-state index in [2.05, 4.69) is 4.98 Å². The number of nitrogens with zero attached hydrogens (tertiary/aromatic N) is 2. The van der Waals surface area contributed by atoms with Crippen LogP contribution in [0, 0.1) is 11.6 Å². The molecule has 0 aliphatic carbocycles. The second kappa shape index (κ2) is 7.58. The summed E-state index contributed by atoms with van der Waals surface area (Å²) in [5, 5.41) is 21.8. The van der Waals surface area contributed by atoms with Crippen molar-refractivity contribution in [3.63, 3.8) is 0 Å². The number of benzene rings is 3. The minimum Gasteiger partial charge on any atom is -0.503 e. The first kappa shape index (κ1) is 19.9. The number of carbonyl (C=O) groups excluding carboxylic acids is 1. The number of ketones is 1. The van der Waals surface area contributed by atoms with E-state index in [1.165, 1.54) is 11.3 Å². The Balaban J connectivity index is 1.85. The van der Waals surface area contributed by atoms with Crippen molar-refractivity contribution in [2.24, 2.45) is 0 Å². The summed E-state index contributed by atoms with van der Waals surface area (Å²) >= 11 is 1.18. The maximum Gasteiger partial charge on any atom is 0.242 e. The van der Waals surface area contributed by atoms with Gasteiger partial charge in [-0.05, 0) is 24.3 Å². The summed E-state index contributed by atoms with van der Waals surface area (Å²) in [6, 6.07) is 18.2. The summed E-state index contributed by atoms with van der Waals surface area (Å²) in [6.45, 7) is 0. The number of fused-ring (bicyclic) bond motifs is 1. The zero-order valence-electron chi connectivity index (χ0n) is 16.3. The third-order valence-corrected chi connectivity index (χ3v) is 6.07. The second-order valence-electron chi connectivity index (χ2n) is 7.01. The third-order valence-electron chi connectivity index (χ3n) is 5.04. The van der Waals surface area contributed by atoms with Crippen LogP contribution in [0.2, 0.25) is 0 Å². The first-order valence-corrected chi connectivity index (χ1v) is 10.3. The fourth-order valence-corrected chi connectivity index (χ4v) is 4.55. The van der Waals surface area contributed by atoms with Gasteiger partial charge in [0.1, 0.15) is 11.6 Å². The number of hydrogen-bond acceptors (Lipinski definition) is 5. The van der Waals surface area contributed by atoms with Crippen molar-refractivity contribution in [1.82, 2.24) is 9.55 Å². The van der Waals surface area contributed by atoms with Crippen LogP contribution in [-0.2, 0) is 0 Å². The number of thiazole rings is 1. The molecule has 0 atom stereocenters. The maximum absolute atomic E-state index is 14.9. The van der Waals surface area contributed by atoms with Crippen LogP contribution in [0.1, 0.15) is 15.9 Å². The monoisotopic (exact) mass is 448 g/mol. The van der Waals surface area contributed by atoms with Crippen molar-refractivity contribution in [2.75, 3.05) is 0 Å². The largest absolute Gasteiger partial charge is 0.503 e. The van der Waals surface area contributed by atoms with Gasteiger partial charge in [-0.15, -0.1) is 0 Å². The number of hydrogen-bond donors (Lipinski definition) is 2. The molecule has 0 fully saturated rings. The van der Waals surface area contributed by atoms with E-state index in [-0.39, 0.29) is 27.5 Å². The van der Waals surface area contributed by atoms with E-state index in [4.69, 9.17) is 0 Å². The molecule has 0 radical (unpaired) electrons. The zero-order valence-corrected chi connectivity index (χ0v) is 17.1. The third kappa shape index (κ3) is 3.12. The summed E-state index contributed by atoms with van der Waals surface area (Å²) in [4.78, 5) is 17.8. The molecule has 0 unspecified atom stereocenters. The predicted molar refractivity (Wildman–Crippen MR) is 118 cm³/mol. The minimum absolute atomic E-state index is 0.120. The highest BCUT2D eigenvalue weighted by Crippen LogP contribution is 2.45. The molecule has 32 heavy (non-hydrogen) atoms. The molecule has 3 aromatic carbocycles. The van der Waals surface area contributed by atoms with Crippen LogP contribution < -0.4 is 0 Å². The molecule has 2 heterocycles. The highest BCUT2D eigenvalue weighted by Gasteiger charge is 2.32. The van der Waals surface area contributed by atoms with Gasteiger partial charge in [0.25, 0.3) is 0 Å². The SMILES string of the molecule is O=C(c1ccccc1)c1c(O)c(O)n(-c2nc3ccccc3s2)c1-c1ccc(F)cc1F. The molecule has 158 valence electrons. The highest BCUT2D eigenvalue weighted by atomic mass is 32.1. The number of aromatic hydroxyl groups is 2. The topological polar surface area (TPSA) is 75.3 Å². The van der Waals surface area contributed by atoms with Crippen LogP contribution >= 0.6 is 11.3 Å². The number of halogens is 2. The van der Waals surface area contributed by atoms with Crippen LogP contribution in [-0.4, -0.2) is 25.5 Å². The fourth-order valence-electron chi connectivity index (χ4n) is 3.58. The standard InChI is InChI=1S/C24H14F2N2O3S/c25-14-10-11-15(16(26)12-14)20-19(21(29)13-6-2-1-3-7-13)22(30)23(31)28(20)24-27-17-8-4-5-9-18(17)32-24/h1-12,30-31H. The average Bonchev–Trinajstić information content (AvgIpc) is 3.32. The molecule has 5 rings (SSSR count). The zero-order chi connectivity index (χ0) is 22.4. The Hall–Kier alpha value is -4.04. The summed E-state index contributed by atoms with van der Waals surface area (Å²) < 4.78 is 30.4. The van der Waals surface area contributed by atoms with E-state index in [9.17, 15) is 23.8 Å². The van der Waals surface area contributed by atoms with E-state index >= 15 is 0 Å². The molecule has 2 N–H and O–H groups in total. The first-order valence-electron chi connectivity index (χ1n) is 9.53. The van der Waals surface area contributed by atoms with Crippen LogP contribution in [0.25, 0.3) is 26.6 Å². The Bertz CT molecular complexity index is 1460. The summed E-state index contributed by atoms with van der Waals surface area (Å²) in [5.41, 5.74) is 0.263. The normalized spacial score (nSPS) is 11.2. The van der Waals surface area contributed by atoms with Gasteiger partial charge in [0.15, 0.2) is 16.7 Å². The van der Waals surface area contributed by atoms with Gasteiger partial charge in [0.05, 0.1) is 21.5 Å². The van der Waals surface area contributed by atoms with Gasteiger partial charge in [-0.3, -0.25) is 9.36 Å². The lowest BCUT2D eigenvalue weighted by Gasteiger charge is -2.10. The molecule has 5 nitrogen and oxygen atoms in total. The van der Waals surface area contributed by atoms with Crippen molar-refractivity contribution in [2.45, 2.75) is 0 Å². The molecule has 0 aliphatic heterocycles. The van der Waals surface area contributed by atoms with Gasteiger partial charge in [-0.1, -0.05) is 53.8 Å². The van der Waals surface area contributed by atoms with Gasteiger partial charge in [-0.2, -0.15) is 0 Å². The molecule has 8 heteroatoms.